The summed E-state index contributed by atoms with van der Waals surface area (Å²) < 4.78 is 39.8. The number of hydrogen-bond donors (Lipinski definition) is 2. The SMILES string of the molecule is CS(=O)(=O)Nc1cc(CNCc2c(F)cccc2Cl)cc(C(=O)N2CCCCC2)c1. The van der Waals surface area contributed by atoms with E-state index in [-0.39, 0.29) is 12.5 Å². The van der Waals surface area contributed by atoms with E-state index in [1.54, 1.807) is 35.2 Å². The number of carbonyl (C=O) groups is 1. The molecular formula is C21H25ClFN3O3S. The Morgan fingerprint density at radius 2 is 1.87 bits per heavy atom. The summed E-state index contributed by atoms with van der Waals surface area (Å²) in [7, 11) is -3.50. The monoisotopic (exact) mass is 453 g/mol. The van der Waals surface area contributed by atoms with Crippen LogP contribution in [0.2, 0.25) is 5.02 Å². The number of rotatable bonds is 7. The molecule has 162 valence electrons. The van der Waals surface area contributed by atoms with Crippen molar-refractivity contribution >= 4 is 33.2 Å². The van der Waals surface area contributed by atoms with E-state index in [1.807, 2.05) is 0 Å². The fourth-order valence-electron chi connectivity index (χ4n) is 3.50. The zero-order valence-corrected chi connectivity index (χ0v) is 18.3. The average Bonchev–Trinajstić information content (AvgIpc) is 2.69. The maximum Gasteiger partial charge on any atom is 0.253 e. The van der Waals surface area contributed by atoms with Crippen LogP contribution in [0.4, 0.5) is 10.1 Å². The van der Waals surface area contributed by atoms with Crippen LogP contribution in [0.15, 0.2) is 36.4 Å². The molecule has 9 heteroatoms. The minimum atomic E-state index is -3.50. The summed E-state index contributed by atoms with van der Waals surface area (Å²) in [5, 5.41) is 3.44. The Morgan fingerprint density at radius 3 is 2.53 bits per heavy atom. The second-order valence-electron chi connectivity index (χ2n) is 7.45. The van der Waals surface area contributed by atoms with Gasteiger partial charge in [-0.1, -0.05) is 17.7 Å². The third-order valence-electron chi connectivity index (χ3n) is 4.88. The van der Waals surface area contributed by atoms with Gasteiger partial charge in [0.05, 0.1) is 6.26 Å². The highest BCUT2D eigenvalue weighted by Crippen LogP contribution is 2.21. The lowest BCUT2D eigenvalue weighted by atomic mass is 10.1. The molecule has 1 aliphatic rings. The second kappa shape index (κ2) is 9.76. The fraction of sp³-hybridized carbons (Fsp3) is 0.381. The number of nitrogens with zero attached hydrogens (tertiary/aromatic N) is 1. The van der Waals surface area contributed by atoms with Gasteiger partial charge in [0.1, 0.15) is 5.82 Å². The van der Waals surface area contributed by atoms with Crippen molar-refractivity contribution in [2.45, 2.75) is 32.4 Å². The van der Waals surface area contributed by atoms with Gasteiger partial charge in [0.25, 0.3) is 5.91 Å². The van der Waals surface area contributed by atoms with Crippen LogP contribution < -0.4 is 10.0 Å². The maximum atomic E-state index is 14.0. The Morgan fingerprint density at radius 1 is 1.13 bits per heavy atom. The lowest BCUT2D eigenvalue weighted by Crippen LogP contribution is -2.35. The topological polar surface area (TPSA) is 78.5 Å². The van der Waals surface area contributed by atoms with Gasteiger partial charge < -0.3 is 10.2 Å². The third-order valence-corrected chi connectivity index (χ3v) is 5.84. The molecule has 6 nitrogen and oxygen atoms in total. The molecule has 0 atom stereocenters. The number of piperidine rings is 1. The Kier molecular flexibility index (Phi) is 7.33. The first-order chi connectivity index (χ1) is 14.2. The van der Waals surface area contributed by atoms with Crippen molar-refractivity contribution in [3.8, 4) is 0 Å². The molecule has 2 aromatic rings. The molecule has 1 saturated heterocycles. The van der Waals surface area contributed by atoms with Gasteiger partial charge in [-0.3, -0.25) is 9.52 Å². The van der Waals surface area contributed by atoms with Crippen molar-refractivity contribution in [1.82, 2.24) is 10.2 Å². The molecule has 30 heavy (non-hydrogen) atoms. The Bertz CT molecular complexity index is 1000. The zero-order valence-electron chi connectivity index (χ0n) is 16.7. The van der Waals surface area contributed by atoms with Crippen LogP contribution in [-0.4, -0.2) is 38.6 Å². The minimum absolute atomic E-state index is 0.120. The summed E-state index contributed by atoms with van der Waals surface area (Å²) in [5.74, 6) is -0.520. The number of sulfonamides is 1. The molecule has 2 aromatic carbocycles. The van der Waals surface area contributed by atoms with Crippen LogP contribution in [0.3, 0.4) is 0 Å². The van der Waals surface area contributed by atoms with Gasteiger partial charge in [-0.05, 0) is 55.2 Å². The van der Waals surface area contributed by atoms with Crippen LogP contribution in [0, 0.1) is 5.82 Å². The molecule has 2 N–H and O–H groups in total. The molecular weight excluding hydrogens is 429 g/mol. The summed E-state index contributed by atoms with van der Waals surface area (Å²) in [5.41, 5.74) is 1.80. The molecule has 1 fully saturated rings. The van der Waals surface area contributed by atoms with Crippen molar-refractivity contribution in [2.24, 2.45) is 0 Å². The van der Waals surface area contributed by atoms with E-state index in [2.05, 4.69) is 10.0 Å². The van der Waals surface area contributed by atoms with E-state index in [9.17, 15) is 17.6 Å². The normalized spacial score (nSPS) is 14.6. The quantitative estimate of drug-likeness (QED) is 0.669. The van der Waals surface area contributed by atoms with Crippen molar-refractivity contribution in [2.75, 3.05) is 24.1 Å². The Hall–Kier alpha value is -2.16. The smallest absolute Gasteiger partial charge is 0.253 e. The average molecular weight is 454 g/mol. The predicted molar refractivity (Wildman–Crippen MR) is 117 cm³/mol. The number of halogens is 2. The second-order valence-corrected chi connectivity index (χ2v) is 9.61. The van der Waals surface area contributed by atoms with Gasteiger partial charge in [0, 0.05) is 48.0 Å². The molecule has 0 radical (unpaired) electrons. The number of nitrogens with one attached hydrogen (secondary N) is 2. The van der Waals surface area contributed by atoms with Crippen molar-refractivity contribution in [1.29, 1.82) is 0 Å². The zero-order chi connectivity index (χ0) is 21.7. The molecule has 0 aliphatic carbocycles. The van der Waals surface area contributed by atoms with Crippen molar-refractivity contribution < 1.29 is 17.6 Å². The van der Waals surface area contributed by atoms with Gasteiger partial charge >= 0.3 is 0 Å². The van der Waals surface area contributed by atoms with E-state index in [1.165, 1.54) is 6.07 Å². The highest BCUT2D eigenvalue weighted by atomic mass is 35.5. The van der Waals surface area contributed by atoms with Crippen LogP contribution in [0.25, 0.3) is 0 Å². The van der Waals surface area contributed by atoms with Crippen LogP contribution in [0.5, 0.6) is 0 Å². The summed E-state index contributed by atoms with van der Waals surface area (Å²) in [6.07, 6.45) is 4.09. The number of likely N-dealkylation sites (tertiary alicyclic amines) is 1. The number of hydrogen-bond acceptors (Lipinski definition) is 4. The number of anilines is 1. The number of amides is 1. The van der Waals surface area contributed by atoms with Gasteiger partial charge in [-0.15, -0.1) is 0 Å². The standard InChI is InChI=1S/C21H25ClFN3O3S/c1-30(28,29)25-17-11-15(13-24-14-18-19(22)6-5-7-20(18)23)10-16(12-17)21(27)26-8-3-2-4-9-26/h5-7,10-12,24-25H,2-4,8-9,13-14H2,1H3. The van der Waals surface area contributed by atoms with Crippen molar-refractivity contribution in [3.05, 3.63) is 63.9 Å². The van der Waals surface area contributed by atoms with Gasteiger partial charge in [-0.25, -0.2) is 12.8 Å². The van der Waals surface area contributed by atoms with Crippen LogP contribution in [-0.2, 0) is 23.1 Å². The molecule has 0 saturated carbocycles. The maximum absolute atomic E-state index is 14.0. The van der Waals surface area contributed by atoms with E-state index in [0.29, 0.717) is 47.0 Å². The Balaban J connectivity index is 1.79. The first-order valence-electron chi connectivity index (χ1n) is 9.77. The molecule has 0 unspecified atom stereocenters. The largest absolute Gasteiger partial charge is 0.339 e. The number of benzene rings is 2. The first kappa shape index (κ1) is 22.5. The summed E-state index contributed by atoms with van der Waals surface area (Å²) in [4.78, 5) is 14.7. The summed E-state index contributed by atoms with van der Waals surface area (Å²) >= 11 is 6.06. The van der Waals surface area contributed by atoms with Crippen molar-refractivity contribution in [3.63, 3.8) is 0 Å². The molecule has 1 amide bonds. The minimum Gasteiger partial charge on any atom is -0.339 e. The molecule has 0 bridgehead atoms. The fourth-order valence-corrected chi connectivity index (χ4v) is 4.28. The highest BCUT2D eigenvalue weighted by molar-refractivity contribution is 7.92. The predicted octanol–water partition coefficient (Wildman–Crippen LogP) is 3.77. The van der Waals surface area contributed by atoms with Crippen LogP contribution >= 0.6 is 11.6 Å². The lowest BCUT2D eigenvalue weighted by molar-refractivity contribution is 0.0724. The molecule has 1 aliphatic heterocycles. The van der Waals surface area contributed by atoms with E-state index >= 15 is 0 Å². The molecule has 3 rings (SSSR count). The first-order valence-corrected chi connectivity index (χ1v) is 12.0. The van der Waals surface area contributed by atoms with E-state index in [0.717, 1.165) is 25.5 Å². The summed E-state index contributed by atoms with van der Waals surface area (Å²) in [6.45, 7) is 1.90. The lowest BCUT2D eigenvalue weighted by Gasteiger charge is -2.27. The van der Waals surface area contributed by atoms with E-state index < -0.39 is 15.8 Å². The molecule has 0 aromatic heterocycles. The molecule has 0 spiro atoms. The molecule has 1 heterocycles. The number of carbonyl (C=O) groups excluding carboxylic acids is 1. The van der Waals surface area contributed by atoms with Gasteiger partial charge in [0.2, 0.25) is 10.0 Å². The Labute approximate surface area is 181 Å². The highest BCUT2D eigenvalue weighted by Gasteiger charge is 2.19. The third kappa shape index (κ3) is 6.17. The van der Waals surface area contributed by atoms with Gasteiger partial charge in [0.15, 0.2) is 0 Å². The summed E-state index contributed by atoms with van der Waals surface area (Å²) in [6, 6.07) is 9.45. The van der Waals surface area contributed by atoms with Crippen LogP contribution in [0.1, 0.15) is 40.7 Å². The van der Waals surface area contributed by atoms with Gasteiger partial charge in [-0.2, -0.15) is 0 Å². The van der Waals surface area contributed by atoms with E-state index in [4.69, 9.17) is 11.6 Å².